The van der Waals surface area contributed by atoms with E-state index in [1.807, 2.05) is 6.07 Å². The van der Waals surface area contributed by atoms with Gasteiger partial charge in [0.25, 0.3) is 0 Å². The van der Waals surface area contributed by atoms with Crippen molar-refractivity contribution >= 4 is 11.5 Å². The van der Waals surface area contributed by atoms with Crippen molar-refractivity contribution in [1.29, 1.82) is 0 Å². The largest absolute Gasteiger partial charge is 0.481 e. The predicted octanol–water partition coefficient (Wildman–Crippen LogP) is 3.05. The Morgan fingerprint density at radius 3 is 2.72 bits per heavy atom. The third-order valence-corrected chi connectivity index (χ3v) is 3.85. The Hall–Kier alpha value is -1.45. The summed E-state index contributed by atoms with van der Waals surface area (Å²) in [5.74, 6) is 1.33. The highest BCUT2D eigenvalue weighted by Gasteiger charge is 2.26. The van der Waals surface area contributed by atoms with Gasteiger partial charge in [-0.25, -0.2) is 0 Å². The van der Waals surface area contributed by atoms with Gasteiger partial charge < -0.3 is 15.8 Å². The molecule has 0 amide bonds. The van der Waals surface area contributed by atoms with E-state index in [-0.39, 0.29) is 0 Å². The highest BCUT2D eigenvalue weighted by molar-refractivity contribution is 5.62. The smallest absolute Gasteiger partial charge is 0.215 e. The molecule has 0 aromatic carbocycles. The maximum atomic E-state index is 5.92. The van der Waals surface area contributed by atoms with Crippen LogP contribution < -0.4 is 15.8 Å². The van der Waals surface area contributed by atoms with Crippen LogP contribution >= 0.6 is 0 Å². The van der Waals surface area contributed by atoms with Crippen molar-refractivity contribution in [2.75, 3.05) is 24.7 Å². The van der Waals surface area contributed by atoms with Crippen molar-refractivity contribution in [3.05, 3.63) is 12.1 Å². The molecular formula is C14H23N3O. The number of methoxy groups -OCH3 is 1. The molecule has 1 aromatic rings. The van der Waals surface area contributed by atoms with E-state index in [0.29, 0.717) is 17.0 Å². The quantitative estimate of drug-likeness (QED) is 0.861. The van der Waals surface area contributed by atoms with Crippen molar-refractivity contribution in [3.63, 3.8) is 0 Å². The summed E-state index contributed by atoms with van der Waals surface area (Å²) in [5.41, 5.74) is 6.97. The van der Waals surface area contributed by atoms with Crippen LogP contribution in [-0.4, -0.2) is 18.6 Å². The van der Waals surface area contributed by atoms with Crippen LogP contribution in [0.4, 0.5) is 11.5 Å². The first-order valence-electron chi connectivity index (χ1n) is 6.67. The maximum absolute atomic E-state index is 5.92. The molecule has 0 atom stereocenters. The number of hydrogen-bond acceptors (Lipinski definition) is 4. The molecule has 4 nitrogen and oxygen atoms in total. The number of anilines is 2. The summed E-state index contributed by atoms with van der Waals surface area (Å²) in [7, 11) is 1.62. The standard InChI is InChI=1S/C14H23N3O/c1-14(8-4-3-5-9-14)10-16-13-11(15)6-7-12(17-13)18-2/h6-7H,3-5,8-10,15H2,1-2H3,(H,16,17). The molecule has 1 aliphatic rings. The van der Waals surface area contributed by atoms with Crippen molar-refractivity contribution in [2.45, 2.75) is 39.0 Å². The molecule has 1 saturated carbocycles. The number of ether oxygens (including phenoxy) is 1. The Labute approximate surface area is 109 Å². The normalized spacial score (nSPS) is 18.3. The Bertz CT molecular complexity index is 400. The second-order valence-electron chi connectivity index (χ2n) is 5.52. The molecule has 0 saturated heterocycles. The lowest BCUT2D eigenvalue weighted by atomic mass is 9.76. The first-order chi connectivity index (χ1) is 8.63. The minimum absolute atomic E-state index is 0.370. The first kappa shape index (κ1) is 13.0. The summed E-state index contributed by atoms with van der Waals surface area (Å²) < 4.78 is 5.12. The van der Waals surface area contributed by atoms with Crippen LogP contribution in [-0.2, 0) is 0 Å². The van der Waals surface area contributed by atoms with Gasteiger partial charge in [-0.3, -0.25) is 0 Å². The molecule has 0 unspecified atom stereocenters. The minimum atomic E-state index is 0.370. The lowest BCUT2D eigenvalue weighted by molar-refractivity contribution is 0.233. The number of hydrogen-bond donors (Lipinski definition) is 2. The van der Waals surface area contributed by atoms with E-state index < -0.39 is 0 Å². The Morgan fingerprint density at radius 2 is 2.06 bits per heavy atom. The zero-order valence-electron chi connectivity index (χ0n) is 11.3. The van der Waals surface area contributed by atoms with Crippen LogP contribution in [0.15, 0.2) is 12.1 Å². The van der Waals surface area contributed by atoms with E-state index in [1.54, 1.807) is 13.2 Å². The molecule has 18 heavy (non-hydrogen) atoms. The number of nitrogens with one attached hydrogen (secondary N) is 1. The van der Waals surface area contributed by atoms with Crippen molar-refractivity contribution < 1.29 is 4.74 Å². The van der Waals surface area contributed by atoms with Gasteiger partial charge in [-0.1, -0.05) is 26.2 Å². The van der Waals surface area contributed by atoms with Gasteiger partial charge in [-0.15, -0.1) is 0 Å². The summed E-state index contributed by atoms with van der Waals surface area (Å²) in [6.07, 6.45) is 6.60. The van der Waals surface area contributed by atoms with E-state index in [4.69, 9.17) is 10.5 Å². The van der Waals surface area contributed by atoms with Crippen molar-refractivity contribution in [3.8, 4) is 5.88 Å². The molecule has 1 heterocycles. The zero-order chi connectivity index (χ0) is 13.0. The molecular weight excluding hydrogens is 226 g/mol. The summed E-state index contributed by atoms with van der Waals surface area (Å²) in [6.45, 7) is 3.27. The highest BCUT2D eigenvalue weighted by Crippen LogP contribution is 2.36. The van der Waals surface area contributed by atoms with E-state index in [0.717, 1.165) is 12.4 Å². The van der Waals surface area contributed by atoms with Crippen LogP contribution in [0.1, 0.15) is 39.0 Å². The predicted molar refractivity (Wildman–Crippen MR) is 74.9 cm³/mol. The summed E-state index contributed by atoms with van der Waals surface area (Å²) in [5, 5.41) is 3.38. The zero-order valence-corrected chi connectivity index (χ0v) is 11.3. The molecule has 1 fully saturated rings. The summed E-state index contributed by atoms with van der Waals surface area (Å²) in [4.78, 5) is 4.35. The molecule has 0 radical (unpaired) electrons. The van der Waals surface area contributed by atoms with Crippen LogP contribution in [0, 0.1) is 5.41 Å². The molecule has 1 aliphatic carbocycles. The third-order valence-electron chi connectivity index (χ3n) is 3.85. The van der Waals surface area contributed by atoms with Crippen LogP contribution in [0.2, 0.25) is 0 Å². The molecule has 4 heteroatoms. The van der Waals surface area contributed by atoms with Gasteiger partial charge in [0.2, 0.25) is 5.88 Å². The number of nitrogens with zero attached hydrogens (tertiary/aromatic N) is 1. The molecule has 2 rings (SSSR count). The fraction of sp³-hybridized carbons (Fsp3) is 0.643. The molecule has 3 N–H and O–H groups in total. The number of nitrogens with two attached hydrogens (primary N) is 1. The van der Waals surface area contributed by atoms with E-state index in [1.165, 1.54) is 32.1 Å². The molecule has 0 aliphatic heterocycles. The molecule has 1 aromatic heterocycles. The average Bonchev–Trinajstić information content (AvgIpc) is 2.39. The maximum Gasteiger partial charge on any atom is 0.215 e. The van der Waals surface area contributed by atoms with Gasteiger partial charge in [0.15, 0.2) is 5.82 Å². The Kier molecular flexibility index (Phi) is 3.94. The minimum Gasteiger partial charge on any atom is -0.481 e. The lowest BCUT2D eigenvalue weighted by Crippen LogP contribution is -2.29. The highest BCUT2D eigenvalue weighted by atomic mass is 16.5. The fourth-order valence-electron chi connectivity index (χ4n) is 2.59. The Morgan fingerprint density at radius 1 is 1.33 bits per heavy atom. The van der Waals surface area contributed by atoms with Gasteiger partial charge in [0.05, 0.1) is 12.8 Å². The van der Waals surface area contributed by atoms with Gasteiger partial charge >= 0.3 is 0 Å². The number of rotatable bonds is 4. The van der Waals surface area contributed by atoms with E-state index in [9.17, 15) is 0 Å². The Balaban J connectivity index is 2.00. The van der Waals surface area contributed by atoms with Crippen molar-refractivity contribution in [1.82, 2.24) is 4.98 Å². The van der Waals surface area contributed by atoms with Gasteiger partial charge in [0.1, 0.15) is 0 Å². The molecule has 100 valence electrons. The van der Waals surface area contributed by atoms with E-state index >= 15 is 0 Å². The monoisotopic (exact) mass is 249 g/mol. The number of nitrogen functional groups attached to an aromatic ring is 1. The second-order valence-corrected chi connectivity index (χ2v) is 5.52. The average molecular weight is 249 g/mol. The number of aromatic nitrogens is 1. The van der Waals surface area contributed by atoms with Crippen LogP contribution in [0.3, 0.4) is 0 Å². The lowest BCUT2D eigenvalue weighted by Gasteiger charge is -2.34. The first-order valence-corrected chi connectivity index (χ1v) is 6.67. The van der Waals surface area contributed by atoms with Gasteiger partial charge in [0, 0.05) is 12.6 Å². The summed E-state index contributed by atoms with van der Waals surface area (Å²) >= 11 is 0. The van der Waals surface area contributed by atoms with Crippen molar-refractivity contribution in [2.24, 2.45) is 5.41 Å². The van der Waals surface area contributed by atoms with E-state index in [2.05, 4.69) is 17.2 Å². The van der Waals surface area contributed by atoms with Crippen LogP contribution in [0.25, 0.3) is 0 Å². The fourth-order valence-corrected chi connectivity index (χ4v) is 2.59. The van der Waals surface area contributed by atoms with Gasteiger partial charge in [-0.05, 0) is 24.3 Å². The second kappa shape index (κ2) is 5.46. The summed E-state index contributed by atoms with van der Waals surface area (Å²) in [6, 6.07) is 3.61. The molecule has 0 bridgehead atoms. The number of pyridine rings is 1. The third kappa shape index (κ3) is 3.06. The SMILES string of the molecule is COc1ccc(N)c(NCC2(C)CCCCC2)n1. The topological polar surface area (TPSA) is 60.2 Å². The molecule has 0 spiro atoms. The van der Waals surface area contributed by atoms with Gasteiger partial charge in [-0.2, -0.15) is 4.98 Å². The van der Waals surface area contributed by atoms with Crippen LogP contribution in [0.5, 0.6) is 5.88 Å².